The molecule has 0 aliphatic carbocycles. The van der Waals surface area contributed by atoms with Gasteiger partial charge in [-0.05, 0) is 0 Å². The number of carbonyl (C=O) groups excluding carboxylic acids is 1. The molecule has 0 saturated carbocycles. The third-order valence-electron chi connectivity index (χ3n) is 1.39. The van der Waals surface area contributed by atoms with Crippen LogP contribution >= 0.6 is 11.6 Å². The molecule has 0 radical (unpaired) electrons. The fourth-order valence-electron chi connectivity index (χ4n) is 0.604. The summed E-state index contributed by atoms with van der Waals surface area (Å²) in [6, 6.07) is 0. The summed E-state index contributed by atoms with van der Waals surface area (Å²) in [4.78, 5) is 10.0. The third kappa shape index (κ3) is 3.04. The maximum absolute atomic E-state index is 10.0. The molecule has 0 heterocycles. The minimum Gasteiger partial charge on any atom is -0.394 e. The Morgan fingerprint density at radius 1 is 1.25 bits per heavy atom. The predicted molar refractivity (Wildman–Crippen MR) is 40.8 cm³/mol. The van der Waals surface area contributed by atoms with Crippen LogP contribution in [-0.4, -0.2) is 57.0 Å². The summed E-state index contributed by atoms with van der Waals surface area (Å²) < 4.78 is 0. The highest BCUT2D eigenvalue weighted by molar-refractivity contribution is 6.28. The fourth-order valence-corrected chi connectivity index (χ4v) is 0.754. The van der Waals surface area contributed by atoms with E-state index in [4.69, 9.17) is 32.0 Å². The minimum atomic E-state index is -1.62. The number of aliphatic hydroxyl groups is 4. The molecule has 0 aliphatic rings. The van der Waals surface area contributed by atoms with Crippen LogP contribution in [0.15, 0.2) is 0 Å². The Labute approximate surface area is 74.2 Å². The molecule has 0 aromatic carbocycles. The first-order valence-corrected chi connectivity index (χ1v) is 3.72. The predicted octanol–water partition coefficient (Wildman–Crippen LogP) is -2.13. The zero-order valence-corrected chi connectivity index (χ0v) is 6.92. The zero-order valence-electron chi connectivity index (χ0n) is 6.17. The lowest BCUT2D eigenvalue weighted by molar-refractivity contribution is -0.114. The average Bonchev–Trinajstić information content (AvgIpc) is 2.12. The first-order valence-electron chi connectivity index (χ1n) is 3.29. The van der Waals surface area contributed by atoms with E-state index < -0.39 is 30.3 Å². The molecule has 0 rings (SSSR count). The second-order valence-electron chi connectivity index (χ2n) is 2.31. The van der Waals surface area contributed by atoms with Gasteiger partial charge in [0.1, 0.15) is 30.0 Å². The maximum Gasteiger partial charge on any atom is 0.140 e. The van der Waals surface area contributed by atoms with Crippen molar-refractivity contribution >= 4 is 17.9 Å². The van der Waals surface area contributed by atoms with Crippen molar-refractivity contribution in [2.75, 3.05) is 6.61 Å². The Balaban J connectivity index is 4.07. The van der Waals surface area contributed by atoms with Gasteiger partial charge in [0, 0.05) is 0 Å². The summed E-state index contributed by atoms with van der Waals surface area (Å²) in [6.07, 6.45) is -4.46. The van der Waals surface area contributed by atoms with Gasteiger partial charge in [0.2, 0.25) is 0 Å². The Kier molecular flexibility index (Phi) is 5.36. The van der Waals surface area contributed by atoms with Gasteiger partial charge in [-0.1, -0.05) is 0 Å². The van der Waals surface area contributed by atoms with Gasteiger partial charge in [0.25, 0.3) is 0 Å². The molecular weight excluding hydrogens is 188 g/mol. The Hall–Kier alpha value is -0.200. The van der Waals surface area contributed by atoms with Crippen molar-refractivity contribution in [2.24, 2.45) is 0 Å². The van der Waals surface area contributed by atoms with Gasteiger partial charge < -0.3 is 25.2 Å². The highest BCUT2D eigenvalue weighted by atomic mass is 35.5. The quantitative estimate of drug-likeness (QED) is 0.299. The lowest BCUT2D eigenvalue weighted by Gasteiger charge is -2.22. The number of hydrogen-bond donors (Lipinski definition) is 4. The molecule has 0 saturated heterocycles. The molecule has 4 atom stereocenters. The van der Waals surface area contributed by atoms with E-state index in [-0.39, 0.29) is 6.29 Å². The first kappa shape index (κ1) is 11.8. The minimum absolute atomic E-state index is 0.236. The van der Waals surface area contributed by atoms with Gasteiger partial charge in [-0.25, -0.2) is 0 Å². The monoisotopic (exact) mass is 198 g/mol. The highest BCUT2D eigenvalue weighted by Crippen LogP contribution is 2.07. The van der Waals surface area contributed by atoms with Gasteiger partial charge in [-0.2, -0.15) is 0 Å². The van der Waals surface area contributed by atoms with E-state index in [2.05, 4.69) is 0 Å². The van der Waals surface area contributed by atoms with E-state index >= 15 is 0 Å². The van der Waals surface area contributed by atoms with E-state index in [1.165, 1.54) is 0 Å². The van der Waals surface area contributed by atoms with Crippen LogP contribution in [0.25, 0.3) is 0 Å². The summed E-state index contributed by atoms with van der Waals surface area (Å²) in [5, 5.41) is 33.9. The largest absolute Gasteiger partial charge is 0.394 e. The van der Waals surface area contributed by atoms with Crippen molar-refractivity contribution in [2.45, 2.75) is 23.7 Å². The number of halogens is 1. The number of aldehydes is 1. The van der Waals surface area contributed by atoms with E-state index in [0.29, 0.717) is 0 Å². The lowest BCUT2D eigenvalue weighted by atomic mass is 10.1. The average molecular weight is 199 g/mol. The second kappa shape index (κ2) is 5.45. The summed E-state index contributed by atoms with van der Waals surface area (Å²) in [6.45, 7) is -0.708. The summed E-state index contributed by atoms with van der Waals surface area (Å²) in [5.74, 6) is 0. The number of aliphatic hydroxyl groups excluding tert-OH is 4. The van der Waals surface area contributed by atoms with Crippen molar-refractivity contribution in [3.63, 3.8) is 0 Å². The number of carbonyl (C=O) groups is 1. The summed E-state index contributed by atoms with van der Waals surface area (Å²) >= 11 is 5.24. The Morgan fingerprint density at radius 3 is 2.08 bits per heavy atom. The SMILES string of the molecule is O=C[C@H](Cl)[C@H](O)[C@H](O)[C@H](O)CO. The topological polar surface area (TPSA) is 98.0 Å². The van der Waals surface area contributed by atoms with Gasteiger partial charge in [-0.15, -0.1) is 11.6 Å². The van der Waals surface area contributed by atoms with Crippen LogP contribution in [0, 0.1) is 0 Å². The second-order valence-corrected chi connectivity index (χ2v) is 2.82. The van der Waals surface area contributed by atoms with Crippen LogP contribution in [0.3, 0.4) is 0 Å². The first-order chi connectivity index (χ1) is 5.54. The molecule has 0 aromatic heterocycles. The van der Waals surface area contributed by atoms with Crippen molar-refractivity contribution in [3.8, 4) is 0 Å². The summed E-state index contributed by atoms with van der Waals surface area (Å²) in [7, 11) is 0. The number of rotatable bonds is 5. The van der Waals surface area contributed by atoms with E-state index in [1.807, 2.05) is 0 Å². The van der Waals surface area contributed by atoms with E-state index in [9.17, 15) is 4.79 Å². The fraction of sp³-hybridized carbons (Fsp3) is 0.833. The molecule has 5 nitrogen and oxygen atoms in total. The maximum atomic E-state index is 10.0. The lowest BCUT2D eigenvalue weighted by Crippen LogP contribution is -2.44. The molecular formula is C6H11ClO5. The van der Waals surface area contributed by atoms with Crippen LogP contribution < -0.4 is 0 Å². The van der Waals surface area contributed by atoms with Crippen LogP contribution in [0.1, 0.15) is 0 Å². The molecule has 0 fully saturated rings. The Morgan fingerprint density at radius 2 is 1.75 bits per heavy atom. The standard InChI is InChI=1S/C6H11ClO5/c7-3(1-8)5(11)6(12)4(10)2-9/h1,3-6,9-12H,2H2/t3-,4+,5-,6+/m0/s1. The van der Waals surface area contributed by atoms with Crippen molar-refractivity contribution in [1.82, 2.24) is 0 Å². The van der Waals surface area contributed by atoms with Crippen LogP contribution in [-0.2, 0) is 4.79 Å². The molecule has 0 aromatic rings. The van der Waals surface area contributed by atoms with Crippen molar-refractivity contribution < 1.29 is 25.2 Å². The van der Waals surface area contributed by atoms with Gasteiger partial charge in [0.05, 0.1) is 6.61 Å². The molecule has 12 heavy (non-hydrogen) atoms. The third-order valence-corrected chi connectivity index (χ3v) is 1.75. The van der Waals surface area contributed by atoms with Gasteiger partial charge in [-0.3, -0.25) is 0 Å². The normalized spacial score (nSPS) is 21.1. The molecule has 0 amide bonds. The van der Waals surface area contributed by atoms with Crippen LogP contribution in [0.2, 0.25) is 0 Å². The molecule has 0 spiro atoms. The van der Waals surface area contributed by atoms with Gasteiger partial charge in [0.15, 0.2) is 0 Å². The van der Waals surface area contributed by atoms with Crippen molar-refractivity contribution in [3.05, 3.63) is 0 Å². The summed E-state index contributed by atoms with van der Waals surface area (Å²) in [5.41, 5.74) is 0. The number of alkyl halides is 1. The Bertz CT molecular complexity index is 142. The van der Waals surface area contributed by atoms with E-state index in [0.717, 1.165) is 0 Å². The molecule has 72 valence electrons. The molecule has 4 N–H and O–H groups in total. The smallest absolute Gasteiger partial charge is 0.140 e. The number of hydrogen-bond acceptors (Lipinski definition) is 5. The van der Waals surface area contributed by atoms with Crippen LogP contribution in [0.4, 0.5) is 0 Å². The van der Waals surface area contributed by atoms with Crippen LogP contribution in [0.5, 0.6) is 0 Å². The highest BCUT2D eigenvalue weighted by Gasteiger charge is 2.29. The molecule has 0 bridgehead atoms. The van der Waals surface area contributed by atoms with E-state index in [1.54, 1.807) is 0 Å². The molecule has 0 unspecified atom stereocenters. The molecule has 0 aliphatic heterocycles. The zero-order chi connectivity index (χ0) is 9.72. The molecule has 6 heteroatoms. The van der Waals surface area contributed by atoms with Gasteiger partial charge >= 0.3 is 0 Å². The van der Waals surface area contributed by atoms with Crippen molar-refractivity contribution in [1.29, 1.82) is 0 Å².